The second kappa shape index (κ2) is 5.34. The molecular formula is C16H14ClFN4O2. The Balaban J connectivity index is 1.87. The van der Waals surface area contributed by atoms with Gasteiger partial charge in [-0.1, -0.05) is 30.7 Å². The summed E-state index contributed by atoms with van der Waals surface area (Å²) in [4.78, 5) is 3.94. The van der Waals surface area contributed by atoms with Crippen LogP contribution < -0.4 is 15.3 Å². The maximum absolute atomic E-state index is 14.4. The van der Waals surface area contributed by atoms with Crippen molar-refractivity contribution in [3.05, 3.63) is 69.8 Å². The predicted octanol–water partition coefficient (Wildman–Crippen LogP) is 2.33. The van der Waals surface area contributed by atoms with Gasteiger partial charge in [0.05, 0.1) is 6.20 Å². The fourth-order valence-electron chi connectivity index (χ4n) is 3.30. The first kappa shape index (κ1) is 15.2. The molecule has 124 valence electrons. The van der Waals surface area contributed by atoms with E-state index in [9.17, 15) is 14.7 Å². The number of pyridine rings is 1. The smallest absolute Gasteiger partial charge is 0.268 e. The number of aliphatic hydroxyl groups excluding tert-OH is 1. The normalized spacial score (nSPS) is 22.7. The summed E-state index contributed by atoms with van der Waals surface area (Å²) in [6.45, 7) is 1.89. The zero-order chi connectivity index (χ0) is 17.0. The van der Waals surface area contributed by atoms with E-state index in [-0.39, 0.29) is 22.6 Å². The van der Waals surface area contributed by atoms with Gasteiger partial charge >= 0.3 is 0 Å². The SMILES string of the molecule is CC1Cc2cccc(F)c2N2C1=C(O)N(c1ccc(Cl)nc1)[NH+]2[O-]. The third-order valence-corrected chi connectivity index (χ3v) is 4.54. The van der Waals surface area contributed by atoms with Crippen molar-refractivity contribution in [1.82, 2.24) is 4.98 Å². The first-order valence-electron chi connectivity index (χ1n) is 7.45. The first-order valence-corrected chi connectivity index (χ1v) is 7.83. The van der Waals surface area contributed by atoms with E-state index in [2.05, 4.69) is 4.98 Å². The monoisotopic (exact) mass is 348 g/mol. The number of aliphatic hydroxyl groups is 1. The van der Waals surface area contributed by atoms with E-state index in [1.54, 1.807) is 18.2 Å². The van der Waals surface area contributed by atoms with Gasteiger partial charge in [-0.05, 0) is 30.2 Å². The largest absolute Gasteiger partial charge is 0.581 e. The molecule has 3 heterocycles. The molecule has 0 bridgehead atoms. The van der Waals surface area contributed by atoms with Crippen LogP contribution in [-0.2, 0) is 6.42 Å². The molecule has 24 heavy (non-hydrogen) atoms. The molecule has 0 fully saturated rings. The van der Waals surface area contributed by atoms with Crippen molar-refractivity contribution in [3.63, 3.8) is 0 Å². The number of fused-ring (bicyclic) bond motifs is 3. The van der Waals surface area contributed by atoms with Gasteiger partial charge in [-0.3, -0.25) is 0 Å². The molecule has 2 N–H and O–H groups in total. The molecule has 6 nitrogen and oxygen atoms in total. The molecular weight excluding hydrogens is 335 g/mol. The Morgan fingerprint density at radius 1 is 1.33 bits per heavy atom. The molecule has 1 aromatic carbocycles. The Bertz CT molecular complexity index is 842. The second-order valence-electron chi connectivity index (χ2n) is 5.85. The van der Waals surface area contributed by atoms with Gasteiger partial charge < -0.3 is 10.3 Å². The summed E-state index contributed by atoms with van der Waals surface area (Å²) in [7, 11) is 0. The van der Waals surface area contributed by atoms with Gasteiger partial charge in [0.15, 0.2) is 5.82 Å². The number of hydrogen-bond donors (Lipinski definition) is 2. The minimum Gasteiger partial charge on any atom is -0.581 e. The van der Waals surface area contributed by atoms with Crippen LogP contribution in [0, 0.1) is 16.9 Å². The van der Waals surface area contributed by atoms with Crippen LogP contribution >= 0.6 is 11.6 Å². The highest BCUT2D eigenvalue weighted by molar-refractivity contribution is 6.29. The Morgan fingerprint density at radius 3 is 2.83 bits per heavy atom. The quantitative estimate of drug-likeness (QED) is 0.611. The number of allylic oxidation sites excluding steroid dienone is 1. The maximum Gasteiger partial charge on any atom is 0.268 e. The maximum atomic E-state index is 14.4. The van der Waals surface area contributed by atoms with Crippen molar-refractivity contribution in [1.29, 1.82) is 0 Å². The lowest BCUT2D eigenvalue weighted by atomic mass is 9.92. The molecule has 2 aliphatic rings. The molecule has 4 rings (SSSR count). The van der Waals surface area contributed by atoms with E-state index < -0.39 is 11.1 Å². The minimum atomic E-state index is -0.537. The number of nitrogens with zero attached hydrogens (tertiary/aromatic N) is 3. The fraction of sp³-hybridized carbons (Fsp3) is 0.188. The van der Waals surface area contributed by atoms with Crippen molar-refractivity contribution >= 4 is 23.0 Å². The fourth-order valence-corrected chi connectivity index (χ4v) is 3.41. The number of halogens is 2. The van der Waals surface area contributed by atoms with E-state index >= 15 is 0 Å². The molecule has 2 aliphatic heterocycles. The Kier molecular flexibility index (Phi) is 3.38. The molecule has 0 radical (unpaired) electrons. The van der Waals surface area contributed by atoms with Gasteiger partial charge in [0.25, 0.3) is 5.88 Å². The van der Waals surface area contributed by atoms with E-state index in [1.165, 1.54) is 23.3 Å². The summed E-state index contributed by atoms with van der Waals surface area (Å²) < 4.78 is 14.4. The summed E-state index contributed by atoms with van der Waals surface area (Å²) in [5.41, 5.74) is 1.71. The van der Waals surface area contributed by atoms with E-state index in [0.29, 0.717) is 17.8 Å². The number of nitrogens with one attached hydrogen (secondary N) is 1. The van der Waals surface area contributed by atoms with Crippen molar-refractivity contribution in [2.45, 2.75) is 13.3 Å². The third kappa shape index (κ3) is 2.06. The number of para-hydroxylation sites is 1. The van der Waals surface area contributed by atoms with Crippen LogP contribution in [0.25, 0.3) is 0 Å². The highest BCUT2D eigenvalue weighted by atomic mass is 35.5. The highest BCUT2D eigenvalue weighted by Gasteiger charge is 2.46. The molecule has 0 spiro atoms. The minimum absolute atomic E-state index is 0.131. The average molecular weight is 349 g/mol. The number of aromatic nitrogens is 1. The van der Waals surface area contributed by atoms with Crippen molar-refractivity contribution in [3.8, 4) is 0 Å². The van der Waals surface area contributed by atoms with Gasteiger partial charge in [0.2, 0.25) is 0 Å². The Hall–Kier alpha value is -2.35. The van der Waals surface area contributed by atoms with Crippen molar-refractivity contribution in [2.24, 2.45) is 5.92 Å². The van der Waals surface area contributed by atoms with Crippen LogP contribution in [0.2, 0.25) is 5.15 Å². The van der Waals surface area contributed by atoms with Crippen molar-refractivity contribution in [2.75, 3.05) is 10.0 Å². The number of benzene rings is 1. The van der Waals surface area contributed by atoms with Crippen LogP contribution in [0.5, 0.6) is 0 Å². The first-order chi connectivity index (χ1) is 11.5. The van der Waals surface area contributed by atoms with Gasteiger partial charge in [-0.25, -0.2) is 9.37 Å². The van der Waals surface area contributed by atoms with Gasteiger partial charge in [-0.2, -0.15) is 10.3 Å². The number of anilines is 2. The van der Waals surface area contributed by atoms with Gasteiger partial charge in [0, 0.05) is 5.92 Å². The number of hydrogen-bond acceptors (Lipinski definition) is 5. The molecule has 0 saturated heterocycles. The van der Waals surface area contributed by atoms with Crippen LogP contribution in [0.4, 0.5) is 15.8 Å². The lowest BCUT2D eigenvalue weighted by Crippen LogP contribution is -3.19. The molecule has 2 unspecified atom stereocenters. The zero-order valence-corrected chi connectivity index (χ0v) is 13.5. The van der Waals surface area contributed by atoms with Crippen LogP contribution in [-0.4, -0.2) is 10.1 Å². The molecule has 0 amide bonds. The predicted molar refractivity (Wildman–Crippen MR) is 87.5 cm³/mol. The summed E-state index contributed by atoms with van der Waals surface area (Å²) in [6, 6.07) is 7.83. The molecule has 0 saturated carbocycles. The standard InChI is InChI=1S/C16H14ClFN4O2/c1-9-7-10-3-2-4-12(18)15(10)21-14(9)16(23)20(22(21)24)11-5-6-13(17)19-8-11/h2-6,8-9,22-23H,7H2,1H3. The van der Waals surface area contributed by atoms with Gasteiger partial charge in [0.1, 0.15) is 22.2 Å². The summed E-state index contributed by atoms with van der Waals surface area (Å²) >= 11 is 5.77. The lowest BCUT2D eigenvalue weighted by Gasteiger charge is -2.37. The number of quaternary nitrogens is 1. The molecule has 8 heteroatoms. The summed E-state index contributed by atoms with van der Waals surface area (Å²) in [6.07, 6.45) is 1.94. The van der Waals surface area contributed by atoms with E-state index in [4.69, 9.17) is 11.6 Å². The zero-order valence-electron chi connectivity index (χ0n) is 12.7. The highest BCUT2D eigenvalue weighted by Crippen LogP contribution is 2.39. The number of rotatable bonds is 1. The Labute approximate surface area is 142 Å². The third-order valence-electron chi connectivity index (χ3n) is 4.32. The van der Waals surface area contributed by atoms with Crippen molar-refractivity contribution < 1.29 is 14.8 Å². The summed E-state index contributed by atoms with van der Waals surface area (Å²) in [5.74, 6) is -0.826. The Morgan fingerprint density at radius 2 is 2.12 bits per heavy atom. The topological polar surface area (TPSA) is 67.1 Å². The molecule has 1 aromatic heterocycles. The average Bonchev–Trinajstić information content (AvgIpc) is 2.81. The lowest BCUT2D eigenvalue weighted by molar-refractivity contribution is -0.854. The van der Waals surface area contributed by atoms with E-state index in [1.807, 2.05) is 6.92 Å². The summed E-state index contributed by atoms with van der Waals surface area (Å²) in [5, 5.41) is 25.7. The van der Waals surface area contributed by atoms with Crippen LogP contribution in [0.1, 0.15) is 12.5 Å². The van der Waals surface area contributed by atoms with Gasteiger partial charge in [-0.15, -0.1) is 5.01 Å². The molecule has 2 atom stereocenters. The van der Waals surface area contributed by atoms with E-state index in [0.717, 1.165) is 10.6 Å². The van der Waals surface area contributed by atoms with Crippen LogP contribution in [0.15, 0.2) is 48.1 Å². The van der Waals surface area contributed by atoms with Crippen LogP contribution in [0.3, 0.4) is 0 Å². The molecule has 2 aromatic rings. The molecule has 0 aliphatic carbocycles. The second-order valence-corrected chi connectivity index (χ2v) is 6.24.